The van der Waals surface area contributed by atoms with E-state index in [1.54, 1.807) is 11.1 Å². The lowest BCUT2D eigenvalue weighted by atomic mass is 10.2. The first kappa shape index (κ1) is 14.1. The van der Waals surface area contributed by atoms with Crippen molar-refractivity contribution in [3.05, 3.63) is 22.4 Å². The third-order valence-corrected chi connectivity index (χ3v) is 3.15. The molecular formula is C13H17BrN2O3. The maximum atomic E-state index is 12.1. The monoisotopic (exact) mass is 328 g/mol. The summed E-state index contributed by atoms with van der Waals surface area (Å²) < 4.78 is 11.9. The number of pyridine rings is 1. The molecule has 5 nitrogen and oxygen atoms in total. The van der Waals surface area contributed by atoms with Gasteiger partial charge in [0.15, 0.2) is 5.75 Å². The van der Waals surface area contributed by atoms with E-state index in [2.05, 4.69) is 20.9 Å². The van der Waals surface area contributed by atoms with Gasteiger partial charge in [0.25, 0.3) is 0 Å². The van der Waals surface area contributed by atoms with E-state index < -0.39 is 5.60 Å². The van der Waals surface area contributed by atoms with Crippen molar-refractivity contribution in [1.82, 2.24) is 9.88 Å². The van der Waals surface area contributed by atoms with Gasteiger partial charge in [-0.1, -0.05) is 0 Å². The molecule has 104 valence electrons. The van der Waals surface area contributed by atoms with Gasteiger partial charge in [0.05, 0.1) is 17.6 Å². The number of ether oxygens (including phenoxy) is 2. The molecule has 0 aliphatic carbocycles. The Labute approximate surface area is 121 Å². The van der Waals surface area contributed by atoms with Gasteiger partial charge in [0, 0.05) is 6.20 Å². The topological polar surface area (TPSA) is 51.7 Å². The molecule has 0 radical (unpaired) electrons. The number of nitrogens with zero attached hydrogens (tertiary/aromatic N) is 2. The summed E-state index contributed by atoms with van der Waals surface area (Å²) in [4.78, 5) is 17.9. The van der Waals surface area contributed by atoms with Gasteiger partial charge in [-0.15, -0.1) is 0 Å². The fourth-order valence-corrected chi connectivity index (χ4v) is 2.19. The highest BCUT2D eigenvalue weighted by atomic mass is 79.9. The zero-order chi connectivity index (χ0) is 14.0. The summed E-state index contributed by atoms with van der Waals surface area (Å²) in [5.41, 5.74) is 0.232. The number of amides is 1. The molecule has 0 unspecified atom stereocenters. The van der Waals surface area contributed by atoms with Crippen molar-refractivity contribution in [2.75, 3.05) is 13.2 Å². The Morgan fingerprint density at radius 2 is 2.26 bits per heavy atom. The molecular weight excluding hydrogens is 312 g/mol. The second kappa shape index (κ2) is 5.36. The number of rotatable bonds is 0. The van der Waals surface area contributed by atoms with Crippen LogP contribution in [-0.4, -0.2) is 34.7 Å². The minimum absolute atomic E-state index is 0.342. The number of fused-ring (bicyclic) bond motifs is 1. The fraction of sp³-hybridized carbons (Fsp3) is 0.538. The van der Waals surface area contributed by atoms with Crippen LogP contribution in [0.15, 0.2) is 16.7 Å². The lowest BCUT2D eigenvalue weighted by Crippen LogP contribution is -2.37. The lowest BCUT2D eigenvalue weighted by molar-refractivity contribution is 0.0224. The second-order valence-electron chi connectivity index (χ2n) is 5.32. The molecule has 19 heavy (non-hydrogen) atoms. The summed E-state index contributed by atoms with van der Waals surface area (Å²) in [6.07, 6.45) is 1.34. The van der Waals surface area contributed by atoms with Crippen molar-refractivity contribution in [3.8, 4) is 5.75 Å². The van der Waals surface area contributed by atoms with Crippen molar-refractivity contribution in [2.24, 2.45) is 0 Å². The van der Waals surface area contributed by atoms with E-state index >= 15 is 0 Å². The maximum absolute atomic E-state index is 12.1. The van der Waals surface area contributed by atoms with Crippen molar-refractivity contribution < 1.29 is 14.3 Å². The Morgan fingerprint density at radius 1 is 1.53 bits per heavy atom. The number of hydrogen-bond acceptors (Lipinski definition) is 4. The van der Waals surface area contributed by atoms with Crippen LogP contribution in [0, 0.1) is 0 Å². The molecule has 0 aromatic carbocycles. The first-order valence-electron chi connectivity index (χ1n) is 6.11. The van der Waals surface area contributed by atoms with Crippen LogP contribution >= 0.6 is 15.9 Å². The van der Waals surface area contributed by atoms with Crippen molar-refractivity contribution >= 4 is 22.0 Å². The summed E-state index contributed by atoms with van der Waals surface area (Å²) in [7, 11) is 0. The average Bonchev–Trinajstić information content (AvgIpc) is 2.50. The highest BCUT2D eigenvalue weighted by Crippen LogP contribution is 2.30. The molecule has 0 spiro atoms. The predicted octanol–water partition coefficient (Wildman–Crippen LogP) is 2.97. The number of aromatic nitrogens is 1. The Hall–Kier alpha value is -1.30. The van der Waals surface area contributed by atoms with E-state index in [-0.39, 0.29) is 6.09 Å². The fourth-order valence-electron chi connectivity index (χ4n) is 1.73. The molecule has 1 aliphatic heterocycles. The van der Waals surface area contributed by atoms with E-state index in [4.69, 9.17) is 9.47 Å². The number of carbonyl (C=O) groups is 1. The SMILES string of the molecule is CC(C)(C)OC(=O)N1CCOc2c(Br)ccnc2C1. The smallest absolute Gasteiger partial charge is 0.410 e. The van der Waals surface area contributed by atoms with Gasteiger partial charge < -0.3 is 9.47 Å². The van der Waals surface area contributed by atoms with Gasteiger partial charge in [-0.3, -0.25) is 9.88 Å². The normalized spacial score (nSPS) is 15.3. The predicted molar refractivity (Wildman–Crippen MR) is 74.1 cm³/mol. The largest absolute Gasteiger partial charge is 0.489 e. The number of carbonyl (C=O) groups excluding carboxylic acids is 1. The molecule has 1 aromatic heterocycles. The molecule has 0 saturated heterocycles. The zero-order valence-electron chi connectivity index (χ0n) is 11.3. The molecule has 0 atom stereocenters. The first-order valence-corrected chi connectivity index (χ1v) is 6.90. The van der Waals surface area contributed by atoms with Crippen LogP contribution in [0.25, 0.3) is 0 Å². The minimum atomic E-state index is -0.502. The van der Waals surface area contributed by atoms with Gasteiger partial charge in [-0.05, 0) is 42.8 Å². The van der Waals surface area contributed by atoms with E-state index in [0.29, 0.717) is 25.4 Å². The van der Waals surface area contributed by atoms with Crippen LogP contribution in [0.2, 0.25) is 0 Å². The summed E-state index contributed by atoms with van der Waals surface area (Å²) in [6, 6.07) is 1.82. The molecule has 1 aliphatic rings. The third kappa shape index (κ3) is 3.59. The van der Waals surface area contributed by atoms with Crippen molar-refractivity contribution in [2.45, 2.75) is 32.9 Å². The van der Waals surface area contributed by atoms with Crippen LogP contribution in [0.5, 0.6) is 5.75 Å². The van der Waals surface area contributed by atoms with Gasteiger partial charge in [-0.2, -0.15) is 0 Å². The van der Waals surface area contributed by atoms with E-state index in [0.717, 1.165) is 10.2 Å². The summed E-state index contributed by atoms with van der Waals surface area (Å²) in [5, 5.41) is 0. The Morgan fingerprint density at radius 3 is 2.95 bits per heavy atom. The van der Waals surface area contributed by atoms with Gasteiger partial charge >= 0.3 is 6.09 Å². The van der Waals surface area contributed by atoms with Crippen LogP contribution in [0.4, 0.5) is 4.79 Å². The molecule has 0 N–H and O–H groups in total. The van der Waals surface area contributed by atoms with Crippen LogP contribution in [-0.2, 0) is 11.3 Å². The lowest BCUT2D eigenvalue weighted by Gasteiger charge is -2.25. The Bertz CT molecular complexity index is 485. The summed E-state index contributed by atoms with van der Waals surface area (Å²) in [6.45, 7) is 6.85. The molecule has 0 saturated carbocycles. The van der Waals surface area contributed by atoms with Crippen molar-refractivity contribution in [1.29, 1.82) is 0 Å². The summed E-state index contributed by atoms with van der Waals surface area (Å²) in [5.74, 6) is 0.702. The quantitative estimate of drug-likeness (QED) is 0.734. The van der Waals surface area contributed by atoms with Crippen molar-refractivity contribution in [3.63, 3.8) is 0 Å². The van der Waals surface area contributed by atoms with E-state index in [1.807, 2.05) is 26.8 Å². The highest BCUT2D eigenvalue weighted by molar-refractivity contribution is 9.10. The highest BCUT2D eigenvalue weighted by Gasteiger charge is 2.26. The van der Waals surface area contributed by atoms with E-state index in [1.165, 1.54) is 0 Å². The number of halogens is 1. The van der Waals surface area contributed by atoms with Crippen LogP contribution < -0.4 is 4.74 Å². The van der Waals surface area contributed by atoms with Crippen LogP contribution in [0.1, 0.15) is 26.5 Å². The average molecular weight is 329 g/mol. The van der Waals surface area contributed by atoms with E-state index in [9.17, 15) is 4.79 Å². The molecule has 6 heteroatoms. The zero-order valence-corrected chi connectivity index (χ0v) is 12.9. The maximum Gasteiger partial charge on any atom is 0.410 e. The molecule has 0 bridgehead atoms. The minimum Gasteiger partial charge on any atom is -0.489 e. The molecule has 1 amide bonds. The molecule has 2 rings (SSSR count). The molecule has 2 heterocycles. The number of hydrogen-bond donors (Lipinski definition) is 0. The third-order valence-electron chi connectivity index (χ3n) is 2.53. The Balaban J connectivity index is 2.16. The van der Waals surface area contributed by atoms with Gasteiger partial charge in [0.2, 0.25) is 0 Å². The molecule has 0 fully saturated rings. The van der Waals surface area contributed by atoms with Crippen LogP contribution in [0.3, 0.4) is 0 Å². The van der Waals surface area contributed by atoms with Gasteiger partial charge in [-0.25, -0.2) is 4.79 Å². The Kier molecular flexibility index (Phi) is 3.99. The first-order chi connectivity index (χ1) is 8.87. The molecule has 1 aromatic rings. The standard InChI is InChI=1S/C13H17BrN2O3/c1-13(2,3)19-12(17)16-6-7-18-11-9(14)4-5-15-10(11)8-16/h4-5H,6-8H2,1-3H3. The summed E-state index contributed by atoms with van der Waals surface area (Å²) >= 11 is 3.42. The van der Waals surface area contributed by atoms with Gasteiger partial charge in [0.1, 0.15) is 17.9 Å². The second-order valence-corrected chi connectivity index (χ2v) is 6.17.